The first-order chi connectivity index (χ1) is 24.3. The molecule has 0 atom stereocenters. The molecule has 0 radical (unpaired) electrons. The first kappa shape index (κ1) is 27.0. The van der Waals surface area contributed by atoms with Crippen LogP contribution in [0.4, 0.5) is 17.1 Å². The van der Waals surface area contributed by atoms with Crippen molar-refractivity contribution in [2.24, 2.45) is 0 Å². The van der Waals surface area contributed by atoms with Crippen LogP contribution in [0.3, 0.4) is 0 Å². The molecular weight excluding hydrogens is 615 g/mol. The molecule has 2 aromatic heterocycles. The van der Waals surface area contributed by atoms with Crippen molar-refractivity contribution in [3.63, 3.8) is 0 Å². The number of anilines is 3. The Morgan fingerprint density at radius 3 is 1.94 bits per heavy atom. The predicted molar refractivity (Wildman–Crippen MR) is 205 cm³/mol. The van der Waals surface area contributed by atoms with Gasteiger partial charge in [0.1, 0.15) is 6.33 Å². The standard InChI is InChI=1S/C43H27BN4S/c1-3-12-28(13-4-1)47(29-14-5-2-6-15-29)30-22-23-34-40(25-30)49-41-26-31(48-37-20-9-7-16-32(37)33-17-8-10-21-38(33)48)24-39-42(41)44(34)35-18-11-19-36-43(35)46(39)27-45-36/h1-27H. The summed E-state index contributed by atoms with van der Waals surface area (Å²) in [6, 6.07) is 57.3. The lowest BCUT2D eigenvalue weighted by atomic mass is 9.35. The Balaban J connectivity index is 1.17. The fourth-order valence-corrected chi connectivity index (χ4v) is 9.43. The lowest BCUT2D eigenvalue weighted by Gasteiger charge is -2.34. The largest absolute Gasteiger partial charge is 0.310 e. The molecule has 0 bridgehead atoms. The summed E-state index contributed by atoms with van der Waals surface area (Å²) in [7, 11) is 0. The summed E-state index contributed by atoms with van der Waals surface area (Å²) in [5, 5.41) is 2.53. The van der Waals surface area contributed by atoms with Gasteiger partial charge >= 0.3 is 0 Å². The first-order valence-corrected chi connectivity index (χ1v) is 17.5. The maximum absolute atomic E-state index is 4.90. The summed E-state index contributed by atoms with van der Waals surface area (Å²) >= 11 is 1.89. The van der Waals surface area contributed by atoms with Crippen molar-refractivity contribution in [1.82, 2.24) is 14.1 Å². The molecule has 0 unspecified atom stereocenters. The van der Waals surface area contributed by atoms with Gasteiger partial charge in [-0.05, 0) is 77.7 Å². The molecule has 228 valence electrons. The Morgan fingerprint density at radius 1 is 0.551 bits per heavy atom. The van der Waals surface area contributed by atoms with E-state index in [4.69, 9.17) is 4.98 Å². The van der Waals surface area contributed by atoms with Crippen molar-refractivity contribution >= 4 is 84.8 Å². The van der Waals surface area contributed by atoms with E-state index in [2.05, 4.69) is 172 Å². The second kappa shape index (κ2) is 10.3. The molecule has 6 heteroatoms. The normalized spacial score (nSPS) is 12.8. The van der Waals surface area contributed by atoms with Gasteiger partial charge in [-0.1, -0.05) is 108 Å². The Kier molecular flexibility index (Phi) is 5.66. The monoisotopic (exact) mass is 642 g/mol. The highest BCUT2D eigenvalue weighted by Crippen LogP contribution is 2.42. The third-order valence-electron chi connectivity index (χ3n) is 10.2. The van der Waals surface area contributed by atoms with E-state index in [0.29, 0.717) is 0 Å². The minimum absolute atomic E-state index is 0.109. The number of nitrogens with zero attached hydrogens (tertiary/aromatic N) is 4. The summed E-state index contributed by atoms with van der Waals surface area (Å²) < 4.78 is 4.76. The summed E-state index contributed by atoms with van der Waals surface area (Å²) in [5.41, 5.74) is 14.4. The number of aromatic nitrogens is 3. The molecule has 0 amide bonds. The van der Waals surface area contributed by atoms with Crippen molar-refractivity contribution in [2.75, 3.05) is 4.90 Å². The van der Waals surface area contributed by atoms with Crippen LogP contribution in [0, 0.1) is 0 Å². The maximum Gasteiger partial charge on any atom is 0.249 e. The molecule has 2 aliphatic rings. The average Bonchev–Trinajstić information content (AvgIpc) is 3.74. The minimum atomic E-state index is 0.109. The van der Waals surface area contributed by atoms with Crippen LogP contribution in [-0.2, 0) is 0 Å². The Labute approximate surface area is 288 Å². The van der Waals surface area contributed by atoms with Crippen LogP contribution in [0.2, 0.25) is 0 Å². The first-order valence-electron chi connectivity index (χ1n) is 16.7. The quantitative estimate of drug-likeness (QED) is 0.180. The molecule has 2 aliphatic heterocycles. The second-order valence-corrected chi connectivity index (χ2v) is 13.9. The molecule has 0 N–H and O–H groups in total. The van der Waals surface area contributed by atoms with Crippen LogP contribution in [0.5, 0.6) is 0 Å². The topological polar surface area (TPSA) is 26.0 Å². The highest BCUT2D eigenvalue weighted by Gasteiger charge is 2.39. The highest BCUT2D eigenvalue weighted by atomic mass is 32.2. The summed E-state index contributed by atoms with van der Waals surface area (Å²) in [6.07, 6.45) is 2.01. The Hall–Kier alpha value is -5.98. The van der Waals surface area contributed by atoms with E-state index in [1.54, 1.807) is 0 Å². The molecule has 9 aromatic rings. The lowest BCUT2D eigenvalue weighted by Crippen LogP contribution is -2.58. The zero-order chi connectivity index (χ0) is 32.1. The molecule has 4 heterocycles. The molecular formula is C43H27BN4S. The van der Waals surface area contributed by atoms with Crippen molar-refractivity contribution in [2.45, 2.75) is 9.79 Å². The Bertz CT molecular complexity index is 2680. The zero-order valence-corrected chi connectivity index (χ0v) is 27.2. The third kappa shape index (κ3) is 3.86. The van der Waals surface area contributed by atoms with Crippen LogP contribution in [0.1, 0.15) is 0 Å². The number of hydrogen-bond donors (Lipinski definition) is 0. The molecule has 0 fully saturated rings. The van der Waals surface area contributed by atoms with Crippen molar-refractivity contribution < 1.29 is 0 Å². The molecule has 0 spiro atoms. The SMILES string of the molecule is c1ccc(N(c2ccccc2)c2ccc3c(c2)Sc2cc(-n4c5ccccc5c5ccccc54)cc4c2B3c2cccc3ncn-4c23)cc1. The fourth-order valence-electron chi connectivity index (χ4n) is 8.20. The number of benzene rings is 7. The Morgan fingerprint density at radius 2 is 1.22 bits per heavy atom. The highest BCUT2D eigenvalue weighted by molar-refractivity contribution is 8.00. The third-order valence-corrected chi connectivity index (χ3v) is 11.3. The van der Waals surface area contributed by atoms with E-state index >= 15 is 0 Å². The van der Waals surface area contributed by atoms with Gasteiger partial charge in [0.05, 0.1) is 22.1 Å². The average molecular weight is 643 g/mol. The molecule has 0 aliphatic carbocycles. The van der Waals surface area contributed by atoms with E-state index in [-0.39, 0.29) is 6.71 Å². The molecule has 11 rings (SSSR count). The van der Waals surface area contributed by atoms with Crippen molar-refractivity contribution in [3.8, 4) is 11.4 Å². The molecule has 0 saturated heterocycles. The van der Waals surface area contributed by atoms with Crippen LogP contribution in [0.15, 0.2) is 174 Å². The van der Waals surface area contributed by atoms with E-state index in [1.165, 1.54) is 59.2 Å². The van der Waals surface area contributed by atoms with Gasteiger partial charge in [0.25, 0.3) is 0 Å². The van der Waals surface area contributed by atoms with Gasteiger partial charge in [0.15, 0.2) is 0 Å². The van der Waals surface area contributed by atoms with E-state index in [9.17, 15) is 0 Å². The van der Waals surface area contributed by atoms with Gasteiger partial charge in [-0.15, -0.1) is 0 Å². The van der Waals surface area contributed by atoms with Crippen LogP contribution in [-0.4, -0.2) is 20.8 Å². The van der Waals surface area contributed by atoms with Crippen molar-refractivity contribution in [3.05, 3.63) is 164 Å². The second-order valence-electron chi connectivity index (χ2n) is 12.8. The zero-order valence-electron chi connectivity index (χ0n) is 26.4. The number of rotatable bonds is 4. The van der Waals surface area contributed by atoms with Crippen LogP contribution in [0.25, 0.3) is 44.2 Å². The van der Waals surface area contributed by atoms with Gasteiger partial charge in [-0.3, -0.25) is 4.57 Å². The van der Waals surface area contributed by atoms with E-state index < -0.39 is 0 Å². The van der Waals surface area contributed by atoms with Crippen LogP contribution >= 0.6 is 11.8 Å². The summed E-state index contributed by atoms with van der Waals surface area (Å²) in [4.78, 5) is 9.82. The van der Waals surface area contributed by atoms with E-state index in [0.717, 1.165) is 28.3 Å². The molecule has 4 nitrogen and oxygen atoms in total. The van der Waals surface area contributed by atoms with Gasteiger partial charge in [0.2, 0.25) is 6.71 Å². The number of hydrogen-bond acceptors (Lipinski definition) is 3. The minimum Gasteiger partial charge on any atom is -0.310 e. The molecule has 49 heavy (non-hydrogen) atoms. The van der Waals surface area contributed by atoms with Gasteiger partial charge < -0.3 is 9.47 Å². The van der Waals surface area contributed by atoms with Crippen molar-refractivity contribution in [1.29, 1.82) is 0 Å². The predicted octanol–water partition coefficient (Wildman–Crippen LogP) is 8.89. The van der Waals surface area contributed by atoms with Gasteiger partial charge in [0, 0.05) is 49.0 Å². The lowest BCUT2D eigenvalue weighted by molar-refractivity contribution is 1.07. The van der Waals surface area contributed by atoms with Crippen LogP contribution < -0.4 is 21.3 Å². The molecule has 7 aromatic carbocycles. The molecule has 0 saturated carbocycles. The summed E-state index contributed by atoms with van der Waals surface area (Å²) in [5.74, 6) is 0. The number of imidazole rings is 1. The number of fused-ring (bicyclic) bond motifs is 7. The number of para-hydroxylation sites is 5. The van der Waals surface area contributed by atoms with E-state index in [1.807, 2.05) is 18.1 Å². The fraction of sp³-hybridized carbons (Fsp3) is 0. The maximum atomic E-state index is 4.90. The smallest absolute Gasteiger partial charge is 0.249 e. The summed E-state index contributed by atoms with van der Waals surface area (Å²) in [6.45, 7) is 0.109. The van der Waals surface area contributed by atoms with Gasteiger partial charge in [-0.25, -0.2) is 4.98 Å². The van der Waals surface area contributed by atoms with Gasteiger partial charge in [-0.2, -0.15) is 0 Å².